The second-order valence-electron chi connectivity index (χ2n) is 7.51. The molecular weight excluding hydrogens is 327 g/mol. The summed E-state index contributed by atoms with van der Waals surface area (Å²) in [5.74, 6) is -0.356. The molecule has 0 unspecified atom stereocenters. The Bertz CT molecular complexity index is 737. The smallest absolute Gasteiger partial charge is 0.279 e. The molecule has 0 atom stereocenters. The number of aryl methyl sites for hydroxylation is 1. The van der Waals surface area contributed by atoms with Crippen LogP contribution in [0.25, 0.3) is 0 Å². The maximum atomic E-state index is 13.5. The summed E-state index contributed by atoms with van der Waals surface area (Å²) in [5, 5.41) is 2.93. The van der Waals surface area contributed by atoms with E-state index >= 15 is 0 Å². The zero-order valence-corrected chi connectivity index (χ0v) is 15.5. The molecule has 3 nitrogen and oxygen atoms in total. The number of hydrogen-bond acceptors (Lipinski definition) is 1. The molecule has 0 saturated carbocycles. The maximum absolute atomic E-state index is 13.5. The molecule has 0 bridgehead atoms. The number of anilines is 1. The minimum absolute atomic E-state index is 0.0310. The quantitative estimate of drug-likeness (QED) is 0.776. The lowest BCUT2D eigenvalue weighted by molar-refractivity contribution is -0.932. The van der Waals surface area contributed by atoms with Crippen LogP contribution in [0.1, 0.15) is 36.8 Å². The van der Waals surface area contributed by atoms with Gasteiger partial charge in [0.05, 0.1) is 13.1 Å². The van der Waals surface area contributed by atoms with Crippen LogP contribution in [0.15, 0.2) is 48.5 Å². The number of nitrogens with zero attached hydrogens (tertiary/aromatic N) is 1. The summed E-state index contributed by atoms with van der Waals surface area (Å²) < 4.78 is 14.3. The third kappa shape index (κ3) is 4.92. The number of carbonyl (C=O) groups excluding carboxylic acids is 1. The second-order valence-corrected chi connectivity index (χ2v) is 7.51. The maximum Gasteiger partial charge on any atom is 0.279 e. The van der Waals surface area contributed by atoms with Gasteiger partial charge < -0.3 is 9.80 Å². The Morgan fingerprint density at radius 1 is 1.04 bits per heavy atom. The van der Waals surface area contributed by atoms with Crippen LogP contribution in [0.5, 0.6) is 0 Å². The molecule has 138 valence electrons. The van der Waals surface area contributed by atoms with Gasteiger partial charge in [0, 0.05) is 11.3 Å². The van der Waals surface area contributed by atoms with Crippen molar-refractivity contribution in [2.45, 2.75) is 39.2 Å². The van der Waals surface area contributed by atoms with E-state index in [-0.39, 0.29) is 11.7 Å². The molecule has 4 heteroatoms. The number of quaternary nitrogens is 1. The topological polar surface area (TPSA) is 29.1 Å². The number of halogens is 1. The normalized spacial score (nSPS) is 16.7. The van der Waals surface area contributed by atoms with Crippen LogP contribution in [-0.2, 0) is 11.3 Å². The van der Waals surface area contributed by atoms with Crippen molar-refractivity contribution < 1.29 is 13.7 Å². The molecule has 1 fully saturated rings. The highest BCUT2D eigenvalue weighted by Crippen LogP contribution is 2.23. The molecule has 2 aromatic rings. The van der Waals surface area contributed by atoms with Gasteiger partial charge in [-0.3, -0.25) is 4.79 Å². The molecule has 0 radical (unpaired) electrons. The number of rotatable bonds is 5. The van der Waals surface area contributed by atoms with Crippen LogP contribution in [0, 0.1) is 12.7 Å². The molecule has 1 N–H and O–H groups in total. The summed E-state index contributed by atoms with van der Waals surface area (Å²) in [5.41, 5.74) is 2.72. The van der Waals surface area contributed by atoms with E-state index in [1.807, 2.05) is 13.0 Å². The molecule has 3 rings (SSSR count). The number of carbonyl (C=O) groups is 1. The fourth-order valence-electron chi connectivity index (χ4n) is 3.93. The van der Waals surface area contributed by atoms with Crippen LogP contribution < -0.4 is 5.32 Å². The van der Waals surface area contributed by atoms with Gasteiger partial charge >= 0.3 is 0 Å². The summed E-state index contributed by atoms with van der Waals surface area (Å²) in [4.78, 5) is 12.8. The first-order valence-corrected chi connectivity index (χ1v) is 9.51. The highest BCUT2D eigenvalue weighted by atomic mass is 19.1. The lowest BCUT2D eigenvalue weighted by atomic mass is 10.1. The van der Waals surface area contributed by atoms with Crippen LogP contribution in [-0.4, -0.2) is 30.0 Å². The number of nitrogens with one attached hydrogen (secondary N) is 1. The van der Waals surface area contributed by atoms with Crippen molar-refractivity contribution in [2.24, 2.45) is 0 Å². The van der Waals surface area contributed by atoms with E-state index in [1.165, 1.54) is 30.5 Å². The average Bonchev–Trinajstić information content (AvgIpc) is 2.84. The Labute approximate surface area is 155 Å². The minimum Gasteiger partial charge on any atom is -0.321 e. The highest BCUT2D eigenvalue weighted by Gasteiger charge is 2.31. The summed E-state index contributed by atoms with van der Waals surface area (Å²) in [6.45, 7) is 5.23. The van der Waals surface area contributed by atoms with Gasteiger partial charge in [0.25, 0.3) is 5.91 Å². The van der Waals surface area contributed by atoms with Gasteiger partial charge in [-0.2, -0.15) is 0 Å². The van der Waals surface area contributed by atoms with Crippen molar-refractivity contribution in [3.8, 4) is 0 Å². The Morgan fingerprint density at radius 3 is 2.42 bits per heavy atom. The Balaban J connectivity index is 1.76. The molecule has 26 heavy (non-hydrogen) atoms. The SMILES string of the molecule is Cc1ccc(F)cc1NC(=O)C[N+]1(Cc2ccccc2)CCCCCC1. The first-order valence-electron chi connectivity index (χ1n) is 9.51. The van der Waals surface area contributed by atoms with Crippen molar-refractivity contribution >= 4 is 11.6 Å². The van der Waals surface area contributed by atoms with E-state index in [1.54, 1.807) is 6.07 Å². The number of amides is 1. The Kier molecular flexibility index (Phi) is 6.04. The average molecular weight is 355 g/mol. The third-order valence-electron chi connectivity index (χ3n) is 5.33. The summed E-state index contributed by atoms with van der Waals surface area (Å²) >= 11 is 0. The third-order valence-corrected chi connectivity index (χ3v) is 5.33. The molecule has 1 saturated heterocycles. The van der Waals surface area contributed by atoms with Crippen molar-refractivity contribution in [3.05, 3.63) is 65.5 Å². The van der Waals surface area contributed by atoms with Crippen molar-refractivity contribution in [1.82, 2.24) is 0 Å². The molecule has 1 amide bonds. The van der Waals surface area contributed by atoms with Crippen LogP contribution in [0.3, 0.4) is 0 Å². The Hall–Kier alpha value is -2.20. The van der Waals surface area contributed by atoms with Crippen molar-refractivity contribution in [1.29, 1.82) is 0 Å². The highest BCUT2D eigenvalue weighted by molar-refractivity contribution is 5.92. The first kappa shape index (κ1) is 18.6. The van der Waals surface area contributed by atoms with Crippen molar-refractivity contribution in [2.75, 3.05) is 25.0 Å². The second kappa shape index (κ2) is 8.45. The number of likely N-dealkylation sites (tertiary alicyclic amines) is 1. The Morgan fingerprint density at radius 2 is 1.73 bits per heavy atom. The van der Waals surface area contributed by atoms with Crippen LogP contribution in [0.4, 0.5) is 10.1 Å². The zero-order chi connectivity index (χ0) is 18.4. The van der Waals surface area contributed by atoms with Gasteiger partial charge in [0.2, 0.25) is 0 Å². The standard InChI is InChI=1S/C22H27FN2O/c1-18-11-12-20(23)15-21(18)24-22(26)17-25(13-7-2-3-8-14-25)16-19-9-5-4-6-10-19/h4-6,9-12,15H,2-3,7-8,13-14,16-17H2,1H3/p+1. The molecule has 0 aliphatic carbocycles. The molecule has 1 aliphatic heterocycles. The van der Waals surface area contributed by atoms with Gasteiger partial charge in [-0.05, 0) is 50.3 Å². The molecule has 1 aliphatic rings. The van der Waals surface area contributed by atoms with Crippen LogP contribution in [0.2, 0.25) is 0 Å². The van der Waals surface area contributed by atoms with Gasteiger partial charge in [0.1, 0.15) is 12.4 Å². The van der Waals surface area contributed by atoms with E-state index < -0.39 is 0 Å². The fraction of sp³-hybridized carbons (Fsp3) is 0.409. The minimum atomic E-state index is -0.325. The first-order chi connectivity index (χ1) is 12.6. The molecule has 1 heterocycles. The largest absolute Gasteiger partial charge is 0.321 e. The molecule has 0 spiro atoms. The van der Waals surface area contributed by atoms with E-state index in [0.717, 1.165) is 42.5 Å². The fourth-order valence-corrected chi connectivity index (χ4v) is 3.93. The van der Waals surface area contributed by atoms with Gasteiger partial charge in [0.15, 0.2) is 6.54 Å². The lowest BCUT2D eigenvalue weighted by Crippen LogP contribution is -2.52. The van der Waals surface area contributed by atoms with E-state index in [4.69, 9.17) is 0 Å². The molecule has 0 aromatic heterocycles. The summed E-state index contributed by atoms with van der Waals surface area (Å²) in [6.07, 6.45) is 4.77. The van der Waals surface area contributed by atoms with E-state index in [0.29, 0.717) is 12.2 Å². The van der Waals surface area contributed by atoms with E-state index in [9.17, 15) is 9.18 Å². The van der Waals surface area contributed by atoms with Gasteiger partial charge in [-0.1, -0.05) is 36.4 Å². The monoisotopic (exact) mass is 355 g/mol. The predicted molar refractivity (Wildman–Crippen MR) is 103 cm³/mol. The zero-order valence-electron chi connectivity index (χ0n) is 15.5. The lowest BCUT2D eigenvalue weighted by Gasteiger charge is -2.37. The molecule has 2 aromatic carbocycles. The number of benzene rings is 2. The predicted octanol–water partition coefficient (Wildman–Crippen LogP) is 4.66. The van der Waals surface area contributed by atoms with Gasteiger partial charge in [-0.25, -0.2) is 4.39 Å². The summed E-state index contributed by atoms with van der Waals surface area (Å²) in [6, 6.07) is 14.9. The van der Waals surface area contributed by atoms with Crippen molar-refractivity contribution in [3.63, 3.8) is 0 Å². The van der Waals surface area contributed by atoms with Crippen LogP contribution >= 0.6 is 0 Å². The number of hydrogen-bond donors (Lipinski definition) is 1. The van der Waals surface area contributed by atoms with Gasteiger partial charge in [-0.15, -0.1) is 0 Å². The van der Waals surface area contributed by atoms with E-state index in [2.05, 4.69) is 29.6 Å². The summed E-state index contributed by atoms with van der Waals surface area (Å²) in [7, 11) is 0. The molecular formula is C22H28FN2O+.